The monoisotopic (exact) mass is 458 g/mol. The molecule has 0 saturated heterocycles. The number of pyridine rings is 1. The van der Waals surface area contributed by atoms with Crippen LogP contribution < -0.4 is 15.5 Å². The highest BCUT2D eigenvalue weighted by molar-refractivity contribution is 6.30. The lowest BCUT2D eigenvalue weighted by Gasteiger charge is -2.25. The predicted octanol–water partition coefficient (Wildman–Crippen LogP) is 1.85. The van der Waals surface area contributed by atoms with Crippen molar-refractivity contribution in [3.8, 4) is 5.75 Å². The summed E-state index contributed by atoms with van der Waals surface area (Å²) >= 11 is 6.16. The van der Waals surface area contributed by atoms with Gasteiger partial charge in [0.2, 0.25) is 11.8 Å². The van der Waals surface area contributed by atoms with Gasteiger partial charge in [-0.3, -0.25) is 14.6 Å². The minimum Gasteiger partial charge on any atom is -0.496 e. The van der Waals surface area contributed by atoms with Crippen molar-refractivity contribution in [2.75, 3.05) is 46.2 Å². The highest BCUT2D eigenvalue weighted by Crippen LogP contribution is 2.26. The molecule has 2 amide bonds. The van der Waals surface area contributed by atoms with E-state index in [0.29, 0.717) is 28.8 Å². The lowest BCUT2D eigenvalue weighted by molar-refractivity contribution is -0.137. The molecule has 1 aliphatic heterocycles. The zero-order valence-electron chi connectivity index (χ0n) is 18.3. The number of carbonyl (C=O) groups is 2. The minimum atomic E-state index is -0.466. The number of hydrogen-bond donors (Lipinski definition) is 2. The first-order valence-electron chi connectivity index (χ1n) is 10.1. The van der Waals surface area contributed by atoms with E-state index in [-0.39, 0.29) is 31.4 Å². The van der Waals surface area contributed by atoms with E-state index in [1.807, 2.05) is 14.1 Å². The molecule has 2 N–H and O–H groups in total. The molecule has 32 heavy (non-hydrogen) atoms. The van der Waals surface area contributed by atoms with Gasteiger partial charge in [-0.25, -0.2) is 9.99 Å². The summed E-state index contributed by atoms with van der Waals surface area (Å²) in [5.74, 6) is 0.729. The summed E-state index contributed by atoms with van der Waals surface area (Å²) < 4.78 is 5.43. The number of hydrogen-bond acceptors (Lipinski definition) is 7. The first kappa shape index (κ1) is 23.5. The Hall–Kier alpha value is -3.17. The van der Waals surface area contributed by atoms with Crippen LogP contribution in [0.15, 0.2) is 47.6 Å². The molecular formula is C22H27ClN6O3. The van der Waals surface area contributed by atoms with Gasteiger partial charge in [0.15, 0.2) is 0 Å². The van der Waals surface area contributed by atoms with E-state index in [4.69, 9.17) is 16.3 Å². The summed E-state index contributed by atoms with van der Waals surface area (Å²) in [5.41, 5.74) is 3.93. The van der Waals surface area contributed by atoms with Crippen LogP contribution in [0.5, 0.6) is 5.75 Å². The second-order valence-corrected chi connectivity index (χ2v) is 8.04. The molecule has 1 aromatic carbocycles. The number of rotatable bonds is 7. The Morgan fingerprint density at radius 2 is 2.12 bits per heavy atom. The molecular weight excluding hydrogens is 432 g/mol. The molecule has 10 heteroatoms. The van der Waals surface area contributed by atoms with Crippen molar-refractivity contribution < 1.29 is 14.3 Å². The molecule has 0 radical (unpaired) electrons. The van der Waals surface area contributed by atoms with Crippen LogP contribution in [0.1, 0.15) is 5.56 Å². The normalized spacial score (nSPS) is 16.4. The molecule has 170 valence electrons. The number of nitrogens with zero attached hydrogens (tertiary/aromatic N) is 4. The maximum absolute atomic E-state index is 13.4. The van der Waals surface area contributed by atoms with Gasteiger partial charge in [0.05, 0.1) is 26.1 Å². The summed E-state index contributed by atoms with van der Waals surface area (Å²) in [5, 5.41) is 5.03. The summed E-state index contributed by atoms with van der Waals surface area (Å²) in [7, 11) is 5.25. The number of ether oxygens (including phenoxy) is 1. The third-order valence-corrected chi connectivity index (χ3v) is 5.07. The molecule has 2 heterocycles. The van der Waals surface area contributed by atoms with Gasteiger partial charge in [-0.05, 0) is 42.3 Å². The van der Waals surface area contributed by atoms with E-state index < -0.39 is 5.92 Å². The number of methoxy groups -OCH3 is 1. The summed E-state index contributed by atoms with van der Waals surface area (Å²) in [4.78, 5) is 36.2. The van der Waals surface area contributed by atoms with Crippen LogP contribution in [-0.2, 0) is 16.0 Å². The fourth-order valence-electron chi connectivity index (χ4n) is 3.44. The number of aromatic nitrogens is 1. The van der Waals surface area contributed by atoms with Crippen LogP contribution in [0.4, 0.5) is 5.82 Å². The van der Waals surface area contributed by atoms with E-state index in [1.165, 1.54) is 4.90 Å². The molecule has 0 fully saturated rings. The van der Waals surface area contributed by atoms with Crippen molar-refractivity contribution in [1.82, 2.24) is 20.3 Å². The molecule has 0 saturated carbocycles. The Morgan fingerprint density at radius 1 is 1.31 bits per heavy atom. The third-order valence-electron chi connectivity index (χ3n) is 4.83. The number of carbonyl (C=O) groups excluding carboxylic acids is 2. The van der Waals surface area contributed by atoms with Crippen molar-refractivity contribution in [3.05, 3.63) is 53.2 Å². The molecule has 1 aliphatic rings. The van der Waals surface area contributed by atoms with Crippen molar-refractivity contribution in [2.24, 2.45) is 10.9 Å². The number of amidine groups is 1. The predicted molar refractivity (Wildman–Crippen MR) is 124 cm³/mol. The SMILES string of the molecule is COc1ccc(Cl)cc1C[C@@H]1CN=C(NN(C)C)CN(CC(=O)Nc2ccccn2)C1=O. The van der Waals surface area contributed by atoms with Crippen molar-refractivity contribution in [2.45, 2.75) is 6.42 Å². The fraction of sp³-hybridized carbons (Fsp3) is 0.364. The van der Waals surface area contributed by atoms with Crippen molar-refractivity contribution in [3.63, 3.8) is 0 Å². The van der Waals surface area contributed by atoms with Gasteiger partial charge < -0.3 is 20.4 Å². The Balaban J connectivity index is 1.80. The highest BCUT2D eigenvalue weighted by atomic mass is 35.5. The average molecular weight is 459 g/mol. The topological polar surface area (TPSA) is 99.2 Å². The standard InChI is InChI=1S/C22H27ClN6O3/c1-28(2)27-20-13-29(14-21(30)26-19-6-4-5-9-24-19)22(31)16(12-25-20)10-15-11-17(23)7-8-18(15)32-3/h4-9,11,16H,10,12-14H2,1-3H3,(H,25,27)(H,24,26,30)/t16-/m1/s1. The number of aliphatic imine (C=N–C) groups is 1. The van der Waals surface area contributed by atoms with E-state index in [2.05, 4.69) is 20.7 Å². The van der Waals surface area contributed by atoms with Crippen LogP contribution in [0.2, 0.25) is 5.02 Å². The Labute approximate surface area is 192 Å². The molecule has 9 nitrogen and oxygen atoms in total. The first-order chi connectivity index (χ1) is 15.4. The maximum Gasteiger partial charge on any atom is 0.245 e. The van der Waals surface area contributed by atoms with Gasteiger partial charge in [0, 0.05) is 25.3 Å². The largest absolute Gasteiger partial charge is 0.496 e. The van der Waals surface area contributed by atoms with Crippen LogP contribution >= 0.6 is 11.6 Å². The second-order valence-electron chi connectivity index (χ2n) is 7.61. The van der Waals surface area contributed by atoms with Crippen LogP contribution in [0.25, 0.3) is 0 Å². The number of halogens is 1. The smallest absolute Gasteiger partial charge is 0.245 e. The molecule has 3 rings (SSSR count). The first-order valence-corrected chi connectivity index (χ1v) is 10.5. The third kappa shape index (κ3) is 6.41. The number of nitrogens with one attached hydrogen (secondary N) is 2. The molecule has 1 aromatic heterocycles. The van der Waals surface area contributed by atoms with Gasteiger partial charge in [0.1, 0.15) is 23.9 Å². The summed E-state index contributed by atoms with van der Waals surface area (Å²) in [6, 6.07) is 10.5. The maximum atomic E-state index is 13.4. The van der Waals surface area contributed by atoms with Gasteiger partial charge in [-0.15, -0.1) is 0 Å². The molecule has 1 atom stereocenters. The molecule has 0 spiro atoms. The zero-order chi connectivity index (χ0) is 23.1. The number of benzene rings is 1. The zero-order valence-corrected chi connectivity index (χ0v) is 19.1. The summed E-state index contributed by atoms with van der Waals surface area (Å²) in [6.45, 7) is 0.353. The Bertz CT molecular complexity index is 983. The van der Waals surface area contributed by atoms with Gasteiger partial charge in [-0.2, -0.15) is 0 Å². The Kier molecular flexibility index (Phi) is 8.02. The highest BCUT2D eigenvalue weighted by Gasteiger charge is 2.31. The molecule has 0 aliphatic carbocycles. The van der Waals surface area contributed by atoms with Crippen molar-refractivity contribution >= 4 is 35.1 Å². The second kappa shape index (κ2) is 10.9. The molecule has 0 unspecified atom stereocenters. The van der Waals surface area contributed by atoms with Crippen LogP contribution in [0, 0.1) is 5.92 Å². The molecule has 0 bridgehead atoms. The van der Waals surface area contributed by atoms with Gasteiger partial charge in [-0.1, -0.05) is 17.7 Å². The van der Waals surface area contributed by atoms with Crippen molar-refractivity contribution in [1.29, 1.82) is 0 Å². The fourth-order valence-corrected chi connectivity index (χ4v) is 3.64. The quantitative estimate of drug-likeness (QED) is 0.614. The lowest BCUT2D eigenvalue weighted by Crippen LogP contribution is -2.47. The van der Waals surface area contributed by atoms with Gasteiger partial charge in [0.25, 0.3) is 0 Å². The van der Waals surface area contributed by atoms with Crippen LogP contribution in [-0.4, -0.2) is 73.4 Å². The summed E-state index contributed by atoms with van der Waals surface area (Å²) in [6.07, 6.45) is 1.98. The van der Waals surface area contributed by atoms with E-state index in [9.17, 15) is 9.59 Å². The number of hydrazine groups is 1. The van der Waals surface area contributed by atoms with Crippen LogP contribution in [0.3, 0.4) is 0 Å². The lowest BCUT2D eigenvalue weighted by atomic mass is 9.97. The minimum absolute atomic E-state index is 0.118. The van der Waals surface area contributed by atoms with E-state index >= 15 is 0 Å². The number of anilines is 1. The van der Waals surface area contributed by atoms with E-state index in [1.54, 1.807) is 54.7 Å². The van der Waals surface area contributed by atoms with Gasteiger partial charge >= 0.3 is 0 Å². The number of amides is 2. The Morgan fingerprint density at radius 3 is 2.81 bits per heavy atom. The average Bonchev–Trinajstić information content (AvgIpc) is 2.88. The van der Waals surface area contributed by atoms with E-state index in [0.717, 1.165) is 5.56 Å². The molecule has 2 aromatic rings.